The van der Waals surface area contributed by atoms with Gasteiger partial charge in [-0.2, -0.15) is 0 Å². The number of allylic oxidation sites excluding steroid dienone is 1. The average Bonchev–Trinajstić information content (AvgIpc) is 2.50. The van der Waals surface area contributed by atoms with E-state index in [2.05, 4.69) is 5.32 Å². The molecule has 0 heterocycles. The summed E-state index contributed by atoms with van der Waals surface area (Å²) in [5.74, 6) is 0.238. The fraction of sp³-hybridized carbons (Fsp3) is 0.308. The highest BCUT2D eigenvalue weighted by Crippen LogP contribution is 2.24. The molecule has 0 spiro atoms. The second kappa shape index (κ2) is 4.30. The summed E-state index contributed by atoms with van der Waals surface area (Å²) in [6.45, 7) is 3.81. The zero-order valence-electron chi connectivity index (χ0n) is 9.33. The average molecular weight is 236 g/mol. The lowest BCUT2D eigenvalue weighted by atomic mass is 10.0. The molecular weight excluding hydrogens is 222 g/mol. The van der Waals surface area contributed by atoms with Crippen molar-refractivity contribution in [1.82, 2.24) is 0 Å². The summed E-state index contributed by atoms with van der Waals surface area (Å²) in [6, 6.07) is 7.60. The van der Waals surface area contributed by atoms with Gasteiger partial charge in [-0.25, -0.2) is 0 Å². The minimum Gasteiger partial charge on any atom is -0.378 e. The van der Waals surface area contributed by atoms with Crippen molar-refractivity contribution in [1.29, 1.82) is 0 Å². The quantitative estimate of drug-likeness (QED) is 0.852. The molecule has 16 heavy (non-hydrogen) atoms. The van der Waals surface area contributed by atoms with Crippen LogP contribution in [0.4, 0.5) is 5.69 Å². The van der Waals surface area contributed by atoms with Gasteiger partial charge in [0, 0.05) is 16.6 Å². The van der Waals surface area contributed by atoms with E-state index in [1.165, 1.54) is 0 Å². The van der Waals surface area contributed by atoms with Crippen molar-refractivity contribution >= 4 is 23.1 Å². The SMILES string of the molecule is CC1=C[C@@H](Nc2ccc(Cl)cc2)[C@H](C)C1=O. The van der Waals surface area contributed by atoms with E-state index in [0.29, 0.717) is 5.02 Å². The third-order valence-electron chi connectivity index (χ3n) is 2.95. The van der Waals surface area contributed by atoms with Gasteiger partial charge in [-0.3, -0.25) is 4.79 Å². The van der Waals surface area contributed by atoms with Gasteiger partial charge in [0.1, 0.15) is 0 Å². The van der Waals surface area contributed by atoms with Crippen molar-refractivity contribution in [3.05, 3.63) is 40.9 Å². The van der Waals surface area contributed by atoms with E-state index in [9.17, 15) is 4.79 Å². The van der Waals surface area contributed by atoms with Crippen molar-refractivity contribution < 1.29 is 4.79 Å². The number of benzene rings is 1. The van der Waals surface area contributed by atoms with Gasteiger partial charge >= 0.3 is 0 Å². The summed E-state index contributed by atoms with van der Waals surface area (Å²) in [7, 11) is 0. The Labute approximate surface area is 100 Å². The van der Waals surface area contributed by atoms with Crippen LogP contribution in [-0.2, 0) is 4.79 Å². The van der Waals surface area contributed by atoms with Gasteiger partial charge in [-0.1, -0.05) is 24.6 Å². The highest BCUT2D eigenvalue weighted by Gasteiger charge is 2.29. The van der Waals surface area contributed by atoms with Gasteiger partial charge in [-0.15, -0.1) is 0 Å². The topological polar surface area (TPSA) is 29.1 Å². The highest BCUT2D eigenvalue weighted by atomic mass is 35.5. The lowest BCUT2D eigenvalue weighted by Crippen LogP contribution is -2.25. The van der Waals surface area contributed by atoms with Crippen LogP contribution in [0.15, 0.2) is 35.9 Å². The summed E-state index contributed by atoms with van der Waals surface area (Å²) >= 11 is 5.81. The second-order valence-electron chi connectivity index (χ2n) is 4.18. The predicted molar refractivity (Wildman–Crippen MR) is 66.8 cm³/mol. The number of hydrogen-bond acceptors (Lipinski definition) is 2. The highest BCUT2D eigenvalue weighted by molar-refractivity contribution is 6.30. The zero-order valence-corrected chi connectivity index (χ0v) is 10.1. The number of hydrogen-bond donors (Lipinski definition) is 1. The monoisotopic (exact) mass is 235 g/mol. The number of rotatable bonds is 2. The van der Waals surface area contributed by atoms with E-state index in [1.54, 1.807) is 0 Å². The van der Waals surface area contributed by atoms with Crippen molar-refractivity contribution in [2.24, 2.45) is 5.92 Å². The first-order valence-electron chi connectivity index (χ1n) is 5.32. The van der Waals surface area contributed by atoms with Gasteiger partial charge in [0.15, 0.2) is 5.78 Å². The van der Waals surface area contributed by atoms with Gasteiger partial charge in [0.05, 0.1) is 6.04 Å². The van der Waals surface area contributed by atoms with E-state index < -0.39 is 0 Å². The van der Waals surface area contributed by atoms with Crippen LogP contribution in [0.5, 0.6) is 0 Å². The van der Waals surface area contributed by atoms with Crippen LogP contribution in [0, 0.1) is 5.92 Å². The molecule has 1 aromatic rings. The Kier molecular flexibility index (Phi) is 3.01. The van der Waals surface area contributed by atoms with Gasteiger partial charge < -0.3 is 5.32 Å². The summed E-state index contributed by atoms with van der Waals surface area (Å²) in [4.78, 5) is 11.6. The fourth-order valence-electron chi connectivity index (χ4n) is 1.92. The maximum Gasteiger partial charge on any atom is 0.163 e. The molecule has 1 aliphatic carbocycles. The number of ketones is 1. The fourth-order valence-corrected chi connectivity index (χ4v) is 2.05. The molecule has 1 N–H and O–H groups in total. The van der Waals surface area contributed by atoms with Crippen LogP contribution in [0.25, 0.3) is 0 Å². The minimum absolute atomic E-state index is 0.00989. The number of carbonyl (C=O) groups excluding carboxylic acids is 1. The zero-order chi connectivity index (χ0) is 11.7. The molecule has 0 amide bonds. The Balaban J connectivity index is 2.11. The summed E-state index contributed by atoms with van der Waals surface area (Å²) in [5, 5.41) is 4.04. The normalized spacial score (nSPS) is 24.4. The first-order valence-corrected chi connectivity index (χ1v) is 5.70. The molecule has 1 aromatic carbocycles. The first kappa shape index (κ1) is 11.2. The largest absolute Gasteiger partial charge is 0.378 e. The van der Waals surface area contributed by atoms with Gasteiger partial charge in [0.2, 0.25) is 0 Å². The van der Waals surface area contributed by atoms with Crippen LogP contribution in [0.3, 0.4) is 0 Å². The van der Waals surface area contributed by atoms with Crippen LogP contribution in [-0.4, -0.2) is 11.8 Å². The Hall–Kier alpha value is -1.28. The molecule has 0 saturated heterocycles. The standard InChI is InChI=1S/C13H14ClNO/c1-8-7-12(9(2)13(8)16)15-11-5-3-10(14)4-6-11/h3-7,9,12,15H,1-2H3/t9-,12+/m0/s1. The molecule has 2 rings (SSSR count). The summed E-state index contributed by atoms with van der Waals surface area (Å²) < 4.78 is 0. The lowest BCUT2D eigenvalue weighted by molar-refractivity contribution is -0.117. The molecule has 2 atom stereocenters. The van der Waals surface area contributed by atoms with Crippen LogP contribution in [0.2, 0.25) is 5.02 Å². The molecule has 0 radical (unpaired) electrons. The summed E-state index contributed by atoms with van der Waals surface area (Å²) in [6.07, 6.45) is 1.99. The van der Waals surface area contributed by atoms with Crippen LogP contribution >= 0.6 is 11.6 Å². The lowest BCUT2D eigenvalue weighted by Gasteiger charge is -2.16. The smallest absolute Gasteiger partial charge is 0.163 e. The van der Waals surface area contributed by atoms with Gasteiger partial charge in [-0.05, 0) is 36.8 Å². The van der Waals surface area contributed by atoms with Crippen molar-refractivity contribution in [2.75, 3.05) is 5.32 Å². The van der Waals surface area contributed by atoms with Crippen molar-refractivity contribution in [2.45, 2.75) is 19.9 Å². The van der Waals surface area contributed by atoms with E-state index in [-0.39, 0.29) is 17.7 Å². The Morgan fingerprint density at radius 2 is 1.88 bits per heavy atom. The first-order chi connectivity index (χ1) is 7.58. The molecule has 0 bridgehead atoms. The van der Waals surface area contributed by atoms with Crippen LogP contribution < -0.4 is 5.32 Å². The maximum atomic E-state index is 11.6. The van der Waals surface area contributed by atoms with Crippen molar-refractivity contribution in [3.63, 3.8) is 0 Å². The number of nitrogens with one attached hydrogen (secondary N) is 1. The van der Waals surface area contributed by atoms with E-state index in [0.717, 1.165) is 11.3 Å². The molecule has 0 unspecified atom stereocenters. The van der Waals surface area contributed by atoms with E-state index in [4.69, 9.17) is 11.6 Å². The number of anilines is 1. The predicted octanol–water partition coefficient (Wildman–Crippen LogP) is 3.29. The molecule has 1 aliphatic rings. The number of Topliss-reactive ketones (excluding diaryl/α,β-unsaturated/α-hetero) is 1. The Morgan fingerprint density at radius 1 is 1.25 bits per heavy atom. The second-order valence-corrected chi connectivity index (χ2v) is 4.62. The molecule has 3 heteroatoms. The number of halogens is 1. The van der Waals surface area contributed by atoms with Crippen LogP contribution in [0.1, 0.15) is 13.8 Å². The Bertz CT molecular complexity index is 436. The molecule has 0 saturated carbocycles. The molecule has 2 nitrogen and oxygen atoms in total. The van der Waals surface area contributed by atoms with E-state index >= 15 is 0 Å². The number of carbonyl (C=O) groups is 1. The third kappa shape index (κ3) is 2.12. The molecular formula is C13H14ClNO. The van der Waals surface area contributed by atoms with Crippen molar-refractivity contribution in [3.8, 4) is 0 Å². The molecule has 0 fully saturated rings. The Morgan fingerprint density at radius 3 is 2.38 bits per heavy atom. The van der Waals surface area contributed by atoms with Gasteiger partial charge in [0.25, 0.3) is 0 Å². The third-order valence-corrected chi connectivity index (χ3v) is 3.20. The molecule has 0 aliphatic heterocycles. The van der Waals surface area contributed by atoms with E-state index in [1.807, 2.05) is 44.2 Å². The molecule has 84 valence electrons. The minimum atomic E-state index is 0.00989. The molecule has 0 aromatic heterocycles. The maximum absolute atomic E-state index is 11.6. The summed E-state index contributed by atoms with van der Waals surface area (Å²) in [5.41, 5.74) is 1.83.